The summed E-state index contributed by atoms with van der Waals surface area (Å²) in [6.45, 7) is 2.06. The molecule has 3 N–H and O–H groups in total. The van der Waals surface area contributed by atoms with E-state index in [1.807, 2.05) is 36.4 Å². The lowest BCUT2D eigenvalue weighted by atomic mass is 10.2. The molecule has 4 heteroatoms. The van der Waals surface area contributed by atoms with Gasteiger partial charge in [-0.05, 0) is 37.3 Å². The van der Waals surface area contributed by atoms with Crippen molar-refractivity contribution in [2.75, 3.05) is 11.1 Å². The summed E-state index contributed by atoms with van der Waals surface area (Å²) >= 11 is 3.43. The van der Waals surface area contributed by atoms with Crippen molar-refractivity contribution in [3.63, 3.8) is 0 Å². The molecular weight excluding hydrogens is 278 g/mol. The van der Waals surface area contributed by atoms with Gasteiger partial charge in [-0.3, -0.25) is 4.98 Å². The molecule has 1 atom stereocenters. The van der Waals surface area contributed by atoms with Crippen molar-refractivity contribution in [2.45, 2.75) is 13.0 Å². The predicted octanol–water partition coefficient (Wildman–Crippen LogP) is 3.60. The molecule has 1 aromatic heterocycles. The van der Waals surface area contributed by atoms with Crippen molar-refractivity contribution in [1.82, 2.24) is 4.98 Å². The van der Waals surface area contributed by atoms with Crippen LogP contribution in [0.15, 0.2) is 47.1 Å². The third kappa shape index (κ3) is 2.97. The van der Waals surface area contributed by atoms with Crippen molar-refractivity contribution in [2.24, 2.45) is 0 Å². The quantitative estimate of drug-likeness (QED) is 0.850. The van der Waals surface area contributed by atoms with Gasteiger partial charge in [-0.2, -0.15) is 0 Å². The van der Waals surface area contributed by atoms with Crippen LogP contribution < -0.4 is 11.1 Å². The molecule has 0 spiro atoms. The van der Waals surface area contributed by atoms with E-state index in [0.29, 0.717) is 0 Å². The van der Waals surface area contributed by atoms with Crippen LogP contribution in [-0.4, -0.2) is 4.98 Å². The number of hydrogen-bond donors (Lipinski definition) is 2. The van der Waals surface area contributed by atoms with E-state index in [4.69, 9.17) is 5.73 Å². The number of benzene rings is 1. The molecule has 1 heterocycles. The van der Waals surface area contributed by atoms with E-state index < -0.39 is 0 Å². The Morgan fingerprint density at radius 2 is 2.12 bits per heavy atom. The Hall–Kier alpha value is -1.55. The zero-order valence-corrected chi connectivity index (χ0v) is 11.1. The molecule has 2 rings (SSSR count). The van der Waals surface area contributed by atoms with E-state index in [0.717, 1.165) is 21.5 Å². The summed E-state index contributed by atoms with van der Waals surface area (Å²) in [5.41, 5.74) is 8.55. The molecule has 0 saturated carbocycles. The van der Waals surface area contributed by atoms with E-state index in [1.165, 1.54) is 0 Å². The van der Waals surface area contributed by atoms with Crippen LogP contribution in [0.4, 0.5) is 11.4 Å². The maximum atomic E-state index is 5.91. The van der Waals surface area contributed by atoms with Gasteiger partial charge < -0.3 is 11.1 Å². The second-order valence-electron chi connectivity index (χ2n) is 3.85. The molecular formula is C13H14BrN3. The summed E-state index contributed by atoms with van der Waals surface area (Å²) in [4.78, 5) is 4.31. The highest BCUT2D eigenvalue weighted by atomic mass is 79.9. The number of halogens is 1. The molecule has 1 aromatic carbocycles. The van der Waals surface area contributed by atoms with Crippen molar-refractivity contribution in [3.8, 4) is 0 Å². The van der Waals surface area contributed by atoms with Gasteiger partial charge in [0.15, 0.2) is 0 Å². The highest BCUT2D eigenvalue weighted by Gasteiger charge is 2.08. The van der Waals surface area contributed by atoms with Gasteiger partial charge in [-0.25, -0.2) is 0 Å². The maximum Gasteiger partial charge on any atom is 0.0657 e. The van der Waals surface area contributed by atoms with E-state index >= 15 is 0 Å². The molecule has 0 fully saturated rings. The second kappa shape index (κ2) is 5.19. The summed E-state index contributed by atoms with van der Waals surface area (Å²) in [5.74, 6) is 0. The van der Waals surface area contributed by atoms with E-state index in [1.54, 1.807) is 6.20 Å². The van der Waals surface area contributed by atoms with Crippen molar-refractivity contribution in [1.29, 1.82) is 0 Å². The molecule has 0 aliphatic carbocycles. The number of rotatable bonds is 3. The van der Waals surface area contributed by atoms with Crippen LogP contribution in [0.25, 0.3) is 0 Å². The average molecular weight is 292 g/mol. The molecule has 0 amide bonds. The first-order valence-corrected chi connectivity index (χ1v) is 6.18. The van der Waals surface area contributed by atoms with Gasteiger partial charge in [-0.15, -0.1) is 0 Å². The number of aromatic nitrogens is 1. The van der Waals surface area contributed by atoms with Gasteiger partial charge in [-0.1, -0.05) is 22.0 Å². The summed E-state index contributed by atoms with van der Waals surface area (Å²) < 4.78 is 1.00. The lowest BCUT2D eigenvalue weighted by Crippen LogP contribution is -2.09. The van der Waals surface area contributed by atoms with Gasteiger partial charge in [0, 0.05) is 10.7 Å². The lowest BCUT2D eigenvalue weighted by Gasteiger charge is -2.16. The number of nitrogens with two attached hydrogens (primary N) is 1. The largest absolute Gasteiger partial charge is 0.397 e. The fourth-order valence-corrected chi connectivity index (χ4v) is 1.95. The molecule has 0 bridgehead atoms. The molecule has 17 heavy (non-hydrogen) atoms. The number of nitrogens with one attached hydrogen (secondary N) is 1. The number of pyridine rings is 1. The molecule has 2 aromatic rings. The van der Waals surface area contributed by atoms with Gasteiger partial charge in [0.1, 0.15) is 0 Å². The number of nitrogen functional groups attached to an aromatic ring is 1. The van der Waals surface area contributed by atoms with Crippen LogP contribution in [0, 0.1) is 0 Å². The highest BCUT2D eigenvalue weighted by molar-refractivity contribution is 9.10. The molecule has 0 radical (unpaired) electrons. The summed E-state index contributed by atoms with van der Waals surface area (Å²) in [7, 11) is 0. The summed E-state index contributed by atoms with van der Waals surface area (Å²) in [6.07, 6.45) is 1.79. The Labute approximate surface area is 109 Å². The van der Waals surface area contributed by atoms with Gasteiger partial charge in [0.05, 0.1) is 23.1 Å². The standard InChI is InChI=1S/C13H14BrN3/c1-9(12-4-2-3-7-16-12)17-13-8-10(14)5-6-11(13)15/h2-9,17H,15H2,1H3. The minimum absolute atomic E-state index is 0.118. The van der Waals surface area contributed by atoms with Crippen LogP contribution in [0.3, 0.4) is 0 Å². The van der Waals surface area contributed by atoms with Crippen LogP contribution >= 0.6 is 15.9 Å². The molecule has 0 aliphatic heterocycles. The monoisotopic (exact) mass is 291 g/mol. The molecule has 0 aliphatic rings. The van der Waals surface area contributed by atoms with E-state index in [2.05, 4.69) is 33.2 Å². The van der Waals surface area contributed by atoms with Gasteiger partial charge in [0.2, 0.25) is 0 Å². The van der Waals surface area contributed by atoms with E-state index in [9.17, 15) is 0 Å². The van der Waals surface area contributed by atoms with Gasteiger partial charge in [0.25, 0.3) is 0 Å². The number of nitrogens with zero attached hydrogens (tertiary/aromatic N) is 1. The topological polar surface area (TPSA) is 50.9 Å². The third-order valence-corrected chi connectivity index (χ3v) is 3.01. The normalized spacial score (nSPS) is 12.1. The SMILES string of the molecule is CC(Nc1cc(Br)ccc1N)c1ccccn1. The first kappa shape index (κ1) is 11.9. The summed E-state index contributed by atoms with van der Waals surface area (Å²) in [5, 5.41) is 3.35. The Morgan fingerprint density at radius 1 is 1.29 bits per heavy atom. The van der Waals surface area contributed by atoms with Crippen LogP contribution in [0.5, 0.6) is 0 Å². The van der Waals surface area contributed by atoms with Crippen LogP contribution in [-0.2, 0) is 0 Å². The van der Waals surface area contributed by atoms with Crippen molar-refractivity contribution >= 4 is 27.3 Å². The Kier molecular flexibility index (Phi) is 3.64. The predicted molar refractivity (Wildman–Crippen MR) is 74.8 cm³/mol. The van der Waals surface area contributed by atoms with Crippen molar-refractivity contribution in [3.05, 3.63) is 52.8 Å². The molecule has 3 nitrogen and oxygen atoms in total. The third-order valence-electron chi connectivity index (χ3n) is 2.52. The first-order chi connectivity index (χ1) is 8.16. The number of hydrogen-bond acceptors (Lipinski definition) is 3. The second-order valence-corrected chi connectivity index (χ2v) is 4.77. The lowest BCUT2D eigenvalue weighted by molar-refractivity contribution is 0.840. The smallest absolute Gasteiger partial charge is 0.0657 e. The zero-order valence-electron chi connectivity index (χ0n) is 9.52. The van der Waals surface area contributed by atoms with Crippen molar-refractivity contribution < 1.29 is 0 Å². The number of anilines is 2. The fraction of sp³-hybridized carbons (Fsp3) is 0.154. The van der Waals surface area contributed by atoms with E-state index in [-0.39, 0.29) is 6.04 Å². The average Bonchev–Trinajstić information content (AvgIpc) is 2.35. The summed E-state index contributed by atoms with van der Waals surface area (Å²) in [6, 6.07) is 11.8. The maximum absolute atomic E-state index is 5.91. The fourth-order valence-electron chi connectivity index (χ4n) is 1.59. The zero-order chi connectivity index (χ0) is 12.3. The molecule has 1 unspecified atom stereocenters. The Balaban J connectivity index is 2.18. The minimum Gasteiger partial charge on any atom is -0.397 e. The molecule has 88 valence electrons. The highest BCUT2D eigenvalue weighted by Crippen LogP contribution is 2.26. The first-order valence-electron chi connectivity index (χ1n) is 5.39. The van der Waals surface area contributed by atoms with Gasteiger partial charge >= 0.3 is 0 Å². The van der Waals surface area contributed by atoms with Crippen LogP contribution in [0.1, 0.15) is 18.7 Å². The Morgan fingerprint density at radius 3 is 2.82 bits per heavy atom. The van der Waals surface area contributed by atoms with Crippen LogP contribution in [0.2, 0.25) is 0 Å². The Bertz CT molecular complexity index is 499. The minimum atomic E-state index is 0.118. The molecule has 0 saturated heterocycles.